The van der Waals surface area contributed by atoms with Gasteiger partial charge in [0.1, 0.15) is 5.75 Å². The average Bonchev–Trinajstić information content (AvgIpc) is 2.59. The van der Waals surface area contributed by atoms with Crippen LogP contribution >= 0.6 is 12.2 Å². The van der Waals surface area contributed by atoms with Crippen molar-refractivity contribution in [1.82, 2.24) is 15.2 Å². The third-order valence-electron chi connectivity index (χ3n) is 3.77. The quantitative estimate of drug-likeness (QED) is 0.623. The summed E-state index contributed by atoms with van der Waals surface area (Å²) in [6.45, 7) is 6.25. The van der Waals surface area contributed by atoms with Gasteiger partial charge in [-0.3, -0.25) is 4.79 Å². The molecular formula is C18H25N3O3S. The van der Waals surface area contributed by atoms with Crippen molar-refractivity contribution in [3.05, 3.63) is 40.2 Å². The van der Waals surface area contributed by atoms with Crippen LogP contribution in [-0.4, -0.2) is 46.4 Å². The maximum atomic E-state index is 12.4. The van der Waals surface area contributed by atoms with Crippen molar-refractivity contribution in [3.8, 4) is 5.75 Å². The number of pyridine rings is 1. The number of aliphatic hydroxyl groups excluding tert-OH is 1. The molecule has 136 valence electrons. The number of aromatic amines is 1. The zero-order valence-electron chi connectivity index (χ0n) is 14.7. The Kier molecular flexibility index (Phi) is 7.21. The predicted octanol–water partition coefficient (Wildman–Crippen LogP) is 2.01. The lowest BCUT2D eigenvalue weighted by atomic mass is 10.1. The Morgan fingerprint density at radius 1 is 1.36 bits per heavy atom. The number of thiocarbonyl (C=S) groups is 1. The lowest BCUT2D eigenvalue weighted by Gasteiger charge is -2.25. The Morgan fingerprint density at radius 2 is 2.16 bits per heavy atom. The van der Waals surface area contributed by atoms with E-state index in [1.54, 1.807) is 0 Å². The topological polar surface area (TPSA) is 77.6 Å². The van der Waals surface area contributed by atoms with Crippen LogP contribution in [0.25, 0.3) is 10.9 Å². The molecule has 1 aromatic heterocycles. The molecule has 0 aliphatic carbocycles. The Labute approximate surface area is 152 Å². The van der Waals surface area contributed by atoms with E-state index in [1.807, 2.05) is 43.0 Å². The van der Waals surface area contributed by atoms with Crippen molar-refractivity contribution < 1.29 is 9.84 Å². The van der Waals surface area contributed by atoms with Gasteiger partial charge in [-0.25, -0.2) is 0 Å². The first kappa shape index (κ1) is 19.2. The largest absolute Gasteiger partial charge is 0.494 e. The van der Waals surface area contributed by atoms with Crippen molar-refractivity contribution >= 4 is 28.2 Å². The van der Waals surface area contributed by atoms with Gasteiger partial charge in [0.05, 0.1) is 13.2 Å². The number of rotatable bonds is 8. The van der Waals surface area contributed by atoms with E-state index in [9.17, 15) is 4.79 Å². The molecule has 0 aliphatic rings. The summed E-state index contributed by atoms with van der Waals surface area (Å²) < 4.78 is 5.53. The zero-order chi connectivity index (χ0) is 18.2. The number of H-pyrrole nitrogens is 1. The highest BCUT2D eigenvalue weighted by atomic mass is 32.1. The molecule has 1 heterocycles. The third kappa shape index (κ3) is 5.17. The fraction of sp³-hybridized carbons (Fsp3) is 0.444. The molecule has 1 aromatic carbocycles. The van der Waals surface area contributed by atoms with Crippen LogP contribution in [0.4, 0.5) is 0 Å². The standard InChI is InChI=1S/C18H25N3O3S/c1-3-19-18(25)21(8-5-9-22)12-14-10-13-11-15(24-4-2)6-7-16(13)20-17(14)23/h6-7,10-11,22H,3-5,8-9,12H2,1-2H3,(H,19,25)(H,20,23). The minimum absolute atomic E-state index is 0.0804. The normalized spacial score (nSPS) is 10.7. The van der Waals surface area contributed by atoms with E-state index in [0.717, 1.165) is 16.7 Å². The SMILES string of the molecule is CCNC(=S)N(CCCO)Cc1cc2cc(OCC)ccc2[nH]c1=O. The van der Waals surface area contributed by atoms with Gasteiger partial charge in [0, 0.05) is 36.2 Å². The number of hydrogen-bond donors (Lipinski definition) is 3. The molecular weight excluding hydrogens is 338 g/mol. The molecule has 2 rings (SSSR count). The molecule has 25 heavy (non-hydrogen) atoms. The van der Waals surface area contributed by atoms with Gasteiger partial charge in [0.25, 0.3) is 5.56 Å². The van der Waals surface area contributed by atoms with Gasteiger partial charge < -0.3 is 25.0 Å². The van der Waals surface area contributed by atoms with E-state index in [-0.39, 0.29) is 12.2 Å². The number of hydrogen-bond acceptors (Lipinski definition) is 4. The third-order valence-corrected chi connectivity index (χ3v) is 4.17. The molecule has 7 heteroatoms. The average molecular weight is 363 g/mol. The summed E-state index contributed by atoms with van der Waals surface area (Å²) in [5.74, 6) is 0.772. The number of benzene rings is 1. The molecule has 0 saturated carbocycles. The van der Waals surface area contributed by atoms with Gasteiger partial charge in [-0.15, -0.1) is 0 Å². The Morgan fingerprint density at radius 3 is 2.84 bits per heavy atom. The summed E-state index contributed by atoms with van der Waals surface area (Å²) >= 11 is 5.38. The van der Waals surface area contributed by atoms with Crippen molar-refractivity contribution in [2.24, 2.45) is 0 Å². The summed E-state index contributed by atoms with van der Waals surface area (Å²) in [6.07, 6.45) is 0.589. The molecule has 0 bridgehead atoms. The molecule has 2 aromatic rings. The molecule has 0 aliphatic heterocycles. The number of ether oxygens (including phenoxy) is 1. The monoisotopic (exact) mass is 363 g/mol. The molecule has 0 spiro atoms. The van der Waals surface area contributed by atoms with Crippen LogP contribution in [0.15, 0.2) is 29.1 Å². The predicted molar refractivity (Wildman–Crippen MR) is 104 cm³/mol. The molecule has 0 atom stereocenters. The number of aliphatic hydroxyl groups is 1. The smallest absolute Gasteiger partial charge is 0.253 e. The molecule has 0 amide bonds. The number of fused-ring (bicyclic) bond motifs is 1. The highest BCUT2D eigenvalue weighted by Gasteiger charge is 2.13. The first-order valence-corrected chi connectivity index (χ1v) is 8.92. The van der Waals surface area contributed by atoms with Gasteiger partial charge in [0.2, 0.25) is 0 Å². The molecule has 6 nitrogen and oxygen atoms in total. The highest BCUT2D eigenvalue weighted by molar-refractivity contribution is 7.80. The van der Waals surface area contributed by atoms with Crippen molar-refractivity contribution in [1.29, 1.82) is 0 Å². The Bertz CT molecular complexity index is 776. The Balaban J connectivity index is 2.31. The minimum atomic E-state index is -0.134. The highest BCUT2D eigenvalue weighted by Crippen LogP contribution is 2.19. The second-order valence-corrected chi connectivity index (χ2v) is 6.03. The van der Waals surface area contributed by atoms with Gasteiger partial charge in [0.15, 0.2) is 5.11 Å². The van der Waals surface area contributed by atoms with Gasteiger partial charge in [-0.1, -0.05) is 0 Å². The van der Waals surface area contributed by atoms with E-state index < -0.39 is 0 Å². The van der Waals surface area contributed by atoms with Crippen LogP contribution in [0.5, 0.6) is 5.75 Å². The summed E-state index contributed by atoms with van der Waals surface area (Å²) in [5, 5.41) is 13.7. The zero-order valence-corrected chi connectivity index (χ0v) is 15.5. The number of aromatic nitrogens is 1. The molecule has 3 N–H and O–H groups in total. The second kappa shape index (κ2) is 9.39. The minimum Gasteiger partial charge on any atom is -0.494 e. The van der Waals surface area contributed by atoms with E-state index in [4.69, 9.17) is 22.1 Å². The van der Waals surface area contributed by atoms with E-state index in [0.29, 0.717) is 43.3 Å². The first-order valence-electron chi connectivity index (χ1n) is 8.51. The number of nitrogens with one attached hydrogen (secondary N) is 2. The fourth-order valence-corrected chi connectivity index (χ4v) is 2.89. The second-order valence-electron chi connectivity index (χ2n) is 5.64. The maximum absolute atomic E-state index is 12.4. The number of nitrogens with zero attached hydrogens (tertiary/aromatic N) is 1. The van der Waals surface area contributed by atoms with Crippen LogP contribution < -0.4 is 15.6 Å². The van der Waals surface area contributed by atoms with Crippen molar-refractivity contribution in [3.63, 3.8) is 0 Å². The molecule has 0 saturated heterocycles. The summed E-state index contributed by atoms with van der Waals surface area (Å²) in [5.41, 5.74) is 1.26. The van der Waals surface area contributed by atoms with Gasteiger partial charge in [-0.2, -0.15) is 0 Å². The van der Waals surface area contributed by atoms with Crippen LogP contribution in [0.2, 0.25) is 0 Å². The summed E-state index contributed by atoms with van der Waals surface area (Å²) in [4.78, 5) is 17.2. The van der Waals surface area contributed by atoms with Crippen LogP contribution in [-0.2, 0) is 6.54 Å². The van der Waals surface area contributed by atoms with E-state index in [2.05, 4.69) is 10.3 Å². The fourth-order valence-electron chi connectivity index (χ4n) is 2.59. The van der Waals surface area contributed by atoms with Crippen LogP contribution in [0.1, 0.15) is 25.8 Å². The van der Waals surface area contributed by atoms with Crippen molar-refractivity contribution in [2.45, 2.75) is 26.8 Å². The molecule has 0 fully saturated rings. The lowest BCUT2D eigenvalue weighted by molar-refractivity contribution is 0.264. The van der Waals surface area contributed by atoms with Gasteiger partial charge >= 0.3 is 0 Å². The van der Waals surface area contributed by atoms with Crippen LogP contribution in [0, 0.1) is 0 Å². The van der Waals surface area contributed by atoms with Crippen LogP contribution in [0.3, 0.4) is 0 Å². The first-order chi connectivity index (χ1) is 12.1. The summed E-state index contributed by atoms with van der Waals surface area (Å²) in [6, 6.07) is 7.48. The van der Waals surface area contributed by atoms with E-state index in [1.165, 1.54) is 0 Å². The molecule has 0 unspecified atom stereocenters. The van der Waals surface area contributed by atoms with Gasteiger partial charge in [-0.05, 0) is 56.8 Å². The maximum Gasteiger partial charge on any atom is 0.253 e. The molecule has 0 radical (unpaired) electrons. The lowest BCUT2D eigenvalue weighted by Crippen LogP contribution is -2.41. The Hall–Kier alpha value is -2.12. The summed E-state index contributed by atoms with van der Waals surface area (Å²) in [7, 11) is 0. The van der Waals surface area contributed by atoms with Crippen molar-refractivity contribution in [2.75, 3.05) is 26.3 Å². The van der Waals surface area contributed by atoms with E-state index >= 15 is 0 Å².